The predicted molar refractivity (Wildman–Crippen MR) is 162 cm³/mol. The van der Waals surface area contributed by atoms with Crippen LogP contribution in [0.15, 0.2) is 112 Å². The van der Waals surface area contributed by atoms with Gasteiger partial charge in [-0.3, -0.25) is 9.59 Å². The minimum Gasteiger partial charge on any atom is -0.422 e. The van der Waals surface area contributed by atoms with E-state index in [-0.39, 0.29) is 11.8 Å². The van der Waals surface area contributed by atoms with Crippen molar-refractivity contribution in [2.75, 3.05) is 36.4 Å². The zero-order valence-electron chi connectivity index (χ0n) is 22.7. The van der Waals surface area contributed by atoms with Crippen molar-refractivity contribution < 1.29 is 14.0 Å². The first kappa shape index (κ1) is 26.1. The number of nitrogens with zero attached hydrogens (tertiary/aromatic N) is 2. The molecule has 204 valence electrons. The summed E-state index contributed by atoms with van der Waals surface area (Å²) in [5.74, 6) is -0.195. The average Bonchev–Trinajstić information content (AvgIpc) is 3.01. The molecule has 1 aliphatic heterocycles. The normalized spacial score (nSPS) is 13.3. The summed E-state index contributed by atoms with van der Waals surface area (Å²) >= 11 is 0. The Morgan fingerprint density at radius 2 is 1.51 bits per heavy atom. The van der Waals surface area contributed by atoms with Gasteiger partial charge in [-0.05, 0) is 72.6 Å². The van der Waals surface area contributed by atoms with Crippen LogP contribution in [0.3, 0.4) is 0 Å². The van der Waals surface area contributed by atoms with Crippen LogP contribution in [0.2, 0.25) is 0 Å². The third-order valence-electron chi connectivity index (χ3n) is 7.51. The van der Waals surface area contributed by atoms with Crippen molar-refractivity contribution in [1.29, 1.82) is 0 Å². The van der Waals surface area contributed by atoms with E-state index in [1.807, 2.05) is 78.6 Å². The fraction of sp³-hybridized carbons (Fsp3) is 0.147. The van der Waals surface area contributed by atoms with Crippen LogP contribution in [0, 0.1) is 6.92 Å². The second kappa shape index (κ2) is 11.1. The molecule has 5 aromatic rings. The molecule has 1 aromatic heterocycles. The number of anilines is 2. The predicted octanol–water partition coefficient (Wildman–Crippen LogP) is 5.98. The van der Waals surface area contributed by atoms with Crippen LogP contribution < -0.4 is 15.8 Å². The number of rotatable bonds is 5. The monoisotopic (exact) mass is 543 g/mol. The lowest BCUT2D eigenvalue weighted by molar-refractivity contribution is 0.0746. The van der Waals surface area contributed by atoms with Gasteiger partial charge in [-0.2, -0.15) is 0 Å². The molecule has 0 atom stereocenters. The summed E-state index contributed by atoms with van der Waals surface area (Å²) in [7, 11) is 0. The SMILES string of the molecule is Cc1ccccc1C(=O)N1CCN(c2ccc(NC(=O)c3cccc(-c4cc5ccccc5oc4=O)c3)cc2)CC1. The van der Waals surface area contributed by atoms with E-state index in [4.69, 9.17) is 4.42 Å². The molecule has 7 nitrogen and oxygen atoms in total. The number of benzene rings is 4. The molecule has 1 fully saturated rings. The van der Waals surface area contributed by atoms with Crippen molar-refractivity contribution >= 4 is 34.2 Å². The summed E-state index contributed by atoms with van der Waals surface area (Å²) in [6.07, 6.45) is 0. The second-order valence-corrected chi connectivity index (χ2v) is 10.2. The van der Waals surface area contributed by atoms with Gasteiger partial charge in [0.15, 0.2) is 0 Å². The summed E-state index contributed by atoms with van der Waals surface area (Å²) in [5.41, 5.74) is 4.99. The first-order valence-electron chi connectivity index (χ1n) is 13.6. The van der Waals surface area contributed by atoms with Crippen molar-refractivity contribution in [2.24, 2.45) is 0 Å². The van der Waals surface area contributed by atoms with Gasteiger partial charge in [0.1, 0.15) is 5.58 Å². The molecule has 2 heterocycles. The smallest absolute Gasteiger partial charge is 0.344 e. The van der Waals surface area contributed by atoms with Crippen LogP contribution in [-0.2, 0) is 0 Å². The van der Waals surface area contributed by atoms with E-state index >= 15 is 0 Å². The Hall–Kier alpha value is -5.17. The number of nitrogens with one attached hydrogen (secondary N) is 1. The highest BCUT2D eigenvalue weighted by Gasteiger charge is 2.23. The first-order chi connectivity index (χ1) is 20.0. The van der Waals surface area contributed by atoms with Crippen molar-refractivity contribution in [1.82, 2.24) is 4.90 Å². The van der Waals surface area contributed by atoms with Crippen LogP contribution in [0.1, 0.15) is 26.3 Å². The third-order valence-corrected chi connectivity index (χ3v) is 7.51. The average molecular weight is 544 g/mol. The maximum Gasteiger partial charge on any atom is 0.344 e. The number of amides is 2. The van der Waals surface area contributed by atoms with E-state index in [0.29, 0.717) is 41.1 Å². The van der Waals surface area contributed by atoms with Crippen LogP contribution >= 0.6 is 0 Å². The molecule has 1 aliphatic rings. The molecule has 6 rings (SSSR count). The molecule has 7 heteroatoms. The van der Waals surface area contributed by atoms with E-state index in [0.717, 1.165) is 35.3 Å². The Bertz CT molecular complexity index is 1800. The molecule has 0 spiro atoms. The van der Waals surface area contributed by atoms with Crippen molar-refractivity contribution in [3.05, 3.63) is 130 Å². The summed E-state index contributed by atoms with van der Waals surface area (Å²) in [6.45, 7) is 4.73. The topological polar surface area (TPSA) is 82.9 Å². The molecule has 4 aromatic carbocycles. The van der Waals surface area contributed by atoms with Crippen molar-refractivity contribution in [3.63, 3.8) is 0 Å². The molecule has 0 bridgehead atoms. The van der Waals surface area contributed by atoms with Crippen LogP contribution in [-0.4, -0.2) is 42.9 Å². The van der Waals surface area contributed by atoms with Crippen molar-refractivity contribution in [3.8, 4) is 11.1 Å². The molecule has 0 saturated carbocycles. The van der Waals surface area contributed by atoms with E-state index in [2.05, 4.69) is 10.2 Å². The van der Waals surface area contributed by atoms with E-state index in [1.54, 1.807) is 36.4 Å². The quantitative estimate of drug-likeness (QED) is 0.276. The number of hydrogen-bond acceptors (Lipinski definition) is 5. The summed E-state index contributed by atoms with van der Waals surface area (Å²) in [4.78, 5) is 42.8. The third kappa shape index (κ3) is 5.47. The van der Waals surface area contributed by atoms with Crippen molar-refractivity contribution in [2.45, 2.75) is 6.92 Å². The van der Waals surface area contributed by atoms with E-state index in [1.165, 1.54) is 0 Å². The number of carbonyl (C=O) groups excluding carboxylic acids is 2. The minimum atomic E-state index is -0.447. The molecule has 1 saturated heterocycles. The fourth-order valence-electron chi connectivity index (χ4n) is 5.20. The highest BCUT2D eigenvalue weighted by atomic mass is 16.4. The highest BCUT2D eigenvalue weighted by molar-refractivity contribution is 6.05. The van der Waals surface area contributed by atoms with E-state index < -0.39 is 5.63 Å². The number of hydrogen-bond donors (Lipinski definition) is 1. The maximum atomic E-state index is 13.1. The Kier molecular flexibility index (Phi) is 7.08. The van der Waals surface area contributed by atoms with Crippen LogP contribution in [0.4, 0.5) is 11.4 Å². The Labute approximate surface area is 237 Å². The Morgan fingerprint density at radius 1 is 0.780 bits per heavy atom. The zero-order chi connectivity index (χ0) is 28.3. The Balaban J connectivity index is 1.10. The molecular formula is C34H29N3O4. The van der Waals surface area contributed by atoms with Gasteiger partial charge in [0, 0.05) is 54.1 Å². The van der Waals surface area contributed by atoms with Crippen LogP contribution in [0.5, 0.6) is 0 Å². The Morgan fingerprint density at radius 3 is 2.29 bits per heavy atom. The first-order valence-corrected chi connectivity index (χ1v) is 13.6. The zero-order valence-corrected chi connectivity index (χ0v) is 22.7. The second-order valence-electron chi connectivity index (χ2n) is 10.2. The van der Waals surface area contributed by atoms with Gasteiger partial charge in [-0.1, -0.05) is 48.5 Å². The molecule has 2 amide bonds. The number of aryl methyl sites for hydroxylation is 1. The standard InChI is InChI=1S/C34H29N3O4/c1-23-7-2-4-11-29(23)33(39)37-19-17-36(18-20-37)28-15-13-27(14-16-28)35-32(38)26-10-6-9-24(21-26)30-22-25-8-3-5-12-31(25)41-34(30)40/h2-16,21-22H,17-20H2,1H3,(H,35,38). The van der Waals surface area contributed by atoms with Gasteiger partial charge in [-0.25, -0.2) is 4.79 Å². The number of piperazine rings is 1. The minimum absolute atomic E-state index is 0.0753. The van der Waals surface area contributed by atoms with Gasteiger partial charge in [0.05, 0.1) is 5.56 Å². The maximum absolute atomic E-state index is 13.1. The van der Waals surface area contributed by atoms with Gasteiger partial charge in [0.2, 0.25) is 0 Å². The van der Waals surface area contributed by atoms with Gasteiger partial charge in [-0.15, -0.1) is 0 Å². The molecule has 1 N–H and O–H groups in total. The van der Waals surface area contributed by atoms with E-state index in [9.17, 15) is 14.4 Å². The van der Waals surface area contributed by atoms with Gasteiger partial charge < -0.3 is 19.5 Å². The summed E-state index contributed by atoms with van der Waals surface area (Å²) < 4.78 is 5.47. The lowest BCUT2D eigenvalue weighted by Gasteiger charge is -2.36. The highest BCUT2D eigenvalue weighted by Crippen LogP contribution is 2.24. The number of carbonyl (C=O) groups is 2. The molecule has 0 aliphatic carbocycles. The number of fused-ring (bicyclic) bond motifs is 1. The molecule has 41 heavy (non-hydrogen) atoms. The molecule has 0 radical (unpaired) electrons. The van der Waals surface area contributed by atoms with Gasteiger partial charge in [0.25, 0.3) is 11.8 Å². The number of para-hydroxylation sites is 1. The fourth-order valence-corrected chi connectivity index (χ4v) is 5.20. The van der Waals surface area contributed by atoms with Gasteiger partial charge >= 0.3 is 5.63 Å². The molecule has 0 unspecified atom stereocenters. The lowest BCUT2D eigenvalue weighted by Crippen LogP contribution is -2.48. The molecular weight excluding hydrogens is 514 g/mol. The largest absolute Gasteiger partial charge is 0.422 e. The summed E-state index contributed by atoms with van der Waals surface area (Å²) in [5, 5.41) is 3.76. The summed E-state index contributed by atoms with van der Waals surface area (Å²) in [6, 6.07) is 31.5. The lowest BCUT2D eigenvalue weighted by atomic mass is 10.0. The van der Waals surface area contributed by atoms with Crippen LogP contribution in [0.25, 0.3) is 22.1 Å².